The highest BCUT2D eigenvalue weighted by Gasteiger charge is 2.18. The Balaban J connectivity index is 2.75. The number of amides is 1. The van der Waals surface area contributed by atoms with E-state index in [1.165, 1.54) is 6.26 Å². The molecule has 1 heterocycles. The lowest BCUT2D eigenvalue weighted by Crippen LogP contribution is -2.30. The number of hydrogen-bond donors (Lipinski definition) is 0. The summed E-state index contributed by atoms with van der Waals surface area (Å²) in [5.41, 5.74) is 0.593. The first-order valence-electron chi connectivity index (χ1n) is 5.31. The predicted octanol–water partition coefficient (Wildman–Crippen LogP) is 2.07. The summed E-state index contributed by atoms with van der Waals surface area (Å²) in [6.07, 6.45) is 2.21. The maximum Gasteiger partial charge on any atom is 0.257 e. The molecule has 0 fully saturated rings. The van der Waals surface area contributed by atoms with Crippen LogP contribution in [-0.4, -0.2) is 24.4 Å². The van der Waals surface area contributed by atoms with Gasteiger partial charge in [0, 0.05) is 20.0 Å². The van der Waals surface area contributed by atoms with Gasteiger partial charge in [-0.2, -0.15) is 5.26 Å². The molecular formula is C12H16N2O2. The van der Waals surface area contributed by atoms with Gasteiger partial charge in [0.1, 0.15) is 5.76 Å². The van der Waals surface area contributed by atoms with Crippen molar-refractivity contribution in [3.63, 3.8) is 0 Å². The maximum absolute atomic E-state index is 12.0. The molecule has 0 aliphatic carbocycles. The van der Waals surface area contributed by atoms with Crippen molar-refractivity contribution < 1.29 is 9.21 Å². The Labute approximate surface area is 95.5 Å². The molecule has 4 nitrogen and oxygen atoms in total. The normalized spacial score (nSPS) is 11.9. The van der Waals surface area contributed by atoms with Gasteiger partial charge in [0.2, 0.25) is 0 Å². The number of rotatable bonds is 4. The smallest absolute Gasteiger partial charge is 0.257 e. The van der Waals surface area contributed by atoms with Crippen molar-refractivity contribution in [2.24, 2.45) is 5.92 Å². The number of hydrogen-bond acceptors (Lipinski definition) is 3. The molecular weight excluding hydrogens is 204 g/mol. The van der Waals surface area contributed by atoms with E-state index in [0.29, 0.717) is 24.3 Å². The third-order valence-corrected chi connectivity index (χ3v) is 2.41. The summed E-state index contributed by atoms with van der Waals surface area (Å²) in [5.74, 6) is 0.445. The Kier molecular flexibility index (Phi) is 4.12. The van der Waals surface area contributed by atoms with E-state index in [4.69, 9.17) is 9.68 Å². The number of carbonyl (C=O) groups excluding carboxylic acids is 1. The molecule has 0 saturated heterocycles. The monoisotopic (exact) mass is 220 g/mol. The molecule has 0 spiro atoms. The van der Waals surface area contributed by atoms with Crippen LogP contribution in [0.4, 0.5) is 0 Å². The molecule has 1 amide bonds. The van der Waals surface area contributed by atoms with Gasteiger partial charge in [-0.15, -0.1) is 0 Å². The fourth-order valence-electron chi connectivity index (χ4n) is 1.55. The van der Waals surface area contributed by atoms with Gasteiger partial charge in [-0.1, -0.05) is 6.92 Å². The number of carbonyl (C=O) groups is 1. The Morgan fingerprint density at radius 3 is 2.94 bits per heavy atom. The van der Waals surface area contributed by atoms with Crippen LogP contribution in [0.25, 0.3) is 0 Å². The molecule has 0 aromatic carbocycles. The minimum absolute atomic E-state index is 0.0901. The largest absolute Gasteiger partial charge is 0.469 e. The van der Waals surface area contributed by atoms with E-state index in [2.05, 4.69) is 6.07 Å². The molecule has 4 heteroatoms. The second-order valence-corrected chi connectivity index (χ2v) is 3.83. The predicted molar refractivity (Wildman–Crippen MR) is 59.8 cm³/mol. The summed E-state index contributed by atoms with van der Waals surface area (Å²) >= 11 is 0. The number of aryl methyl sites for hydroxylation is 1. The van der Waals surface area contributed by atoms with Crippen LogP contribution < -0.4 is 0 Å². The molecule has 1 atom stereocenters. The van der Waals surface area contributed by atoms with Crippen LogP contribution in [0.3, 0.4) is 0 Å². The first kappa shape index (κ1) is 12.3. The quantitative estimate of drug-likeness (QED) is 0.780. The van der Waals surface area contributed by atoms with Crippen LogP contribution in [0.1, 0.15) is 30.0 Å². The Bertz CT molecular complexity index is 403. The lowest BCUT2D eigenvalue weighted by Gasteiger charge is -2.17. The highest BCUT2D eigenvalue weighted by atomic mass is 16.3. The third kappa shape index (κ3) is 2.63. The topological polar surface area (TPSA) is 57.2 Å². The molecule has 86 valence electrons. The summed E-state index contributed by atoms with van der Waals surface area (Å²) in [6, 6.07) is 3.78. The Morgan fingerprint density at radius 2 is 2.38 bits per heavy atom. The molecule has 0 radical (unpaired) electrons. The van der Waals surface area contributed by atoms with Crippen molar-refractivity contribution in [1.29, 1.82) is 5.26 Å². The molecule has 0 saturated carbocycles. The summed E-state index contributed by atoms with van der Waals surface area (Å²) in [6.45, 7) is 4.16. The Morgan fingerprint density at radius 1 is 1.69 bits per heavy atom. The number of furan rings is 1. The van der Waals surface area contributed by atoms with Crippen LogP contribution >= 0.6 is 0 Å². The average molecular weight is 220 g/mol. The van der Waals surface area contributed by atoms with Crippen molar-refractivity contribution in [1.82, 2.24) is 4.90 Å². The van der Waals surface area contributed by atoms with Crippen molar-refractivity contribution in [2.45, 2.75) is 20.3 Å². The zero-order chi connectivity index (χ0) is 12.1. The average Bonchev–Trinajstić information content (AvgIpc) is 2.75. The van der Waals surface area contributed by atoms with E-state index in [-0.39, 0.29) is 11.8 Å². The standard InChI is InChI=1S/C12H16N2O2/c1-4-11-10(5-6-16-11)12(15)14(3)8-9(2)7-13/h5-6,9H,4,8H2,1-3H3. The summed E-state index contributed by atoms with van der Waals surface area (Å²) in [7, 11) is 1.70. The first-order valence-corrected chi connectivity index (χ1v) is 5.31. The van der Waals surface area contributed by atoms with E-state index in [9.17, 15) is 4.79 Å². The van der Waals surface area contributed by atoms with Gasteiger partial charge in [-0.25, -0.2) is 0 Å². The van der Waals surface area contributed by atoms with E-state index >= 15 is 0 Å². The lowest BCUT2D eigenvalue weighted by atomic mass is 10.1. The lowest BCUT2D eigenvalue weighted by molar-refractivity contribution is 0.0783. The second kappa shape index (κ2) is 5.36. The third-order valence-electron chi connectivity index (χ3n) is 2.41. The van der Waals surface area contributed by atoms with Gasteiger partial charge in [-0.05, 0) is 13.0 Å². The molecule has 1 aromatic heterocycles. The van der Waals surface area contributed by atoms with E-state index < -0.39 is 0 Å². The molecule has 0 aliphatic rings. The van der Waals surface area contributed by atoms with Crippen LogP contribution in [0.2, 0.25) is 0 Å². The molecule has 1 rings (SSSR count). The zero-order valence-corrected chi connectivity index (χ0v) is 9.86. The fraction of sp³-hybridized carbons (Fsp3) is 0.500. The van der Waals surface area contributed by atoms with Crippen LogP contribution in [0.15, 0.2) is 16.7 Å². The Hall–Kier alpha value is -1.76. The molecule has 16 heavy (non-hydrogen) atoms. The maximum atomic E-state index is 12.0. The van der Waals surface area contributed by atoms with Gasteiger partial charge in [0.25, 0.3) is 5.91 Å². The van der Waals surface area contributed by atoms with E-state index in [0.717, 1.165) is 0 Å². The second-order valence-electron chi connectivity index (χ2n) is 3.83. The molecule has 1 aromatic rings. The fourth-order valence-corrected chi connectivity index (χ4v) is 1.55. The van der Waals surface area contributed by atoms with Gasteiger partial charge < -0.3 is 9.32 Å². The van der Waals surface area contributed by atoms with Gasteiger partial charge in [0.15, 0.2) is 0 Å². The summed E-state index contributed by atoms with van der Waals surface area (Å²) in [4.78, 5) is 13.5. The van der Waals surface area contributed by atoms with Gasteiger partial charge >= 0.3 is 0 Å². The molecule has 0 N–H and O–H groups in total. The minimum Gasteiger partial charge on any atom is -0.469 e. The van der Waals surface area contributed by atoms with Gasteiger partial charge in [0.05, 0.1) is 23.8 Å². The summed E-state index contributed by atoms with van der Waals surface area (Å²) in [5, 5.41) is 8.69. The number of nitrogens with zero attached hydrogens (tertiary/aromatic N) is 2. The molecule has 0 bridgehead atoms. The van der Waals surface area contributed by atoms with Crippen molar-refractivity contribution in [2.75, 3.05) is 13.6 Å². The zero-order valence-electron chi connectivity index (χ0n) is 9.86. The number of nitriles is 1. The highest BCUT2D eigenvalue weighted by Crippen LogP contribution is 2.14. The highest BCUT2D eigenvalue weighted by molar-refractivity contribution is 5.95. The van der Waals surface area contributed by atoms with Crippen molar-refractivity contribution in [3.8, 4) is 6.07 Å². The van der Waals surface area contributed by atoms with E-state index in [1.807, 2.05) is 6.92 Å². The SMILES string of the molecule is CCc1occc1C(=O)N(C)CC(C)C#N. The van der Waals surface area contributed by atoms with Crippen LogP contribution in [-0.2, 0) is 6.42 Å². The van der Waals surface area contributed by atoms with Gasteiger partial charge in [-0.3, -0.25) is 4.79 Å². The summed E-state index contributed by atoms with van der Waals surface area (Å²) < 4.78 is 5.20. The van der Waals surface area contributed by atoms with Crippen molar-refractivity contribution >= 4 is 5.91 Å². The molecule has 0 aliphatic heterocycles. The molecule has 1 unspecified atom stereocenters. The van der Waals surface area contributed by atoms with Crippen LogP contribution in [0.5, 0.6) is 0 Å². The van der Waals surface area contributed by atoms with Crippen molar-refractivity contribution in [3.05, 3.63) is 23.7 Å². The minimum atomic E-state index is -0.161. The van der Waals surface area contributed by atoms with Crippen LogP contribution in [0, 0.1) is 17.2 Å². The van der Waals surface area contributed by atoms with E-state index in [1.54, 1.807) is 24.9 Å². The first-order chi connectivity index (χ1) is 7.60.